The molecule has 1 aliphatic rings. The Labute approximate surface area is 140 Å². The summed E-state index contributed by atoms with van der Waals surface area (Å²) in [6, 6.07) is 1.28. The molecule has 1 aromatic rings. The largest absolute Gasteiger partial charge is 0.370 e. The number of anilines is 1. The van der Waals surface area contributed by atoms with Crippen LogP contribution < -0.4 is 21.1 Å². The molecule has 1 aromatic heterocycles. The quantitative estimate of drug-likeness (QED) is 0.718. The van der Waals surface area contributed by atoms with Gasteiger partial charge in [-0.2, -0.15) is 5.10 Å². The highest BCUT2D eigenvalue weighted by Crippen LogP contribution is 2.21. The number of aromatic nitrogens is 2. The van der Waals surface area contributed by atoms with Gasteiger partial charge in [0, 0.05) is 46.8 Å². The average Bonchev–Trinajstić information content (AvgIpc) is 3.02. The molecule has 9 heteroatoms. The highest BCUT2D eigenvalue weighted by atomic mass is 16.2. The van der Waals surface area contributed by atoms with E-state index in [1.54, 1.807) is 33.4 Å². The Kier molecular flexibility index (Phi) is 5.78. The van der Waals surface area contributed by atoms with Gasteiger partial charge in [0.2, 0.25) is 5.91 Å². The zero-order valence-corrected chi connectivity index (χ0v) is 14.3. The lowest BCUT2D eigenvalue weighted by atomic mass is 10.1. The fraction of sp³-hybridized carbons (Fsp3) is 0.600. The van der Waals surface area contributed by atoms with Crippen LogP contribution in [0, 0.1) is 5.92 Å². The molecule has 1 fully saturated rings. The van der Waals surface area contributed by atoms with Crippen molar-refractivity contribution in [3.8, 4) is 0 Å². The van der Waals surface area contributed by atoms with Crippen LogP contribution in [0.3, 0.4) is 0 Å². The van der Waals surface area contributed by atoms with Crippen molar-refractivity contribution in [1.29, 1.82) is 0 Å². The van der Waals surface area contributed by atoms with E-state index in [0.29, 0.717) is 12.5 Å². The Morgan fingerprint density at radius 3 is 2.79 bits per heavy atom. The number of carbonyl (C=O) groups excluding carboxylic acids is 2. The summed E-state index contributed by atoms with van der Waals surface area (Å²) in [6.07, 6.45) is 2.61. The predicted molar refractivity (Wildman–Crippen MR) is 89.9 cm³/mol. The van der Waals surface area contributed by atoms with Crippen LogP contribution >= 0.6 is 0 Å². The predicted octanol–water partition coefficient (Wildman–Crippen LogP) is -1.01. The minimum Gasteiger partial charge on any atom is -0.370 e. The topological polar surface area (TPSA) is 99.6 Å². The summed E-state index contributed by atoms with van der Waals surface area (Å²) in [6.45, 7) is 2.10. The molecule has 0 saturated carbocycles. The van der Waals surface area contributed by atoms with Gasteiger partial charge in [0.25, 0.3) is 5.56 Å². The standard InChI is InChI=1S/C15H24N6O3/c1-19(2)15(24)17-9-13(22)16-7-11-4-5-21(10-11)12-6-14(23)20(3)18-8-12/h6,8,11H,4-5,7,9-10H2,1-3H3,(H,16,22)(H,17,24)/t11-/m0/s1. The fourth-order valence-electron chi connectivity index (χ4n) is 2.50. The third-order valence-electron chi connectivity index (χ3n) is 4.00. The second-order valence-corrected chi connectivity index (χ2v) is 6.13. The monoisotopic (exact) mass is 336 g/mol. The number of amides is 3. The molecule has 1 atom stereocenters. The molecule has 0 spiro atoms. The second-order valence-electron chi connectivity index (χ2n) is 6.13. The summed E-state index contributed by atoms with van der Waals surface area (Å²) in [7, 11) is 4.85. The molecule has 3 amide bonds. The molecule has 0 unspecified atom stereocenters. The van der Waals surface area contributed by atoms with Crippen LogP contribution in [-0.2, 0) is 11.8 Å². The Morgan fingerprint density at radius 2 is 2.12 bits per heavy atom. The van der Waals surface area contributed by atoms with Gasteiger partial charge in [0.1, 0.15) is 0 Å². The smallest absolute Gasteiger partial charge is 0.317 e. The number of hydrogen-bond acceptors (Lipinski definition) is 5. The van der Waals surface area contributed by atoms with Crippen LogP contribution in [0.5, 0.6) is 0 Å². The van der Waals surface area contributed by atoms with E-state index in [1.807, 2.05) is 0 Å². The number of nitrogens with zero attached hydrogens (tertiary/aromatic N) is 4. The normalized spacial score (nSPS) is 16.8. The first-order valence-electron chi connectivity index (χ1n) is 7.87. The molecule has 0 aromatic carbocycles. The van der Waals surface area contributed by atoms with Gasteiger partial charge in [-0.1, -0.05) is 0 Å². The molecular formula is C15H24N6O3. The lowest BCUT2D eigenvalue weighted by molar-refractivity contribution is -0.120. The summed E-state index contributed by atoms with van der Waals surface area (Å²) >= 11 is 0. The molecule has 0 aliphatic carbocycles. The van der Waals surface area contributed by atoms with E-state index in [0.717, 1.165) is 25.2 Å². The van der Waals surface area contributed by atoms with Crippen molar-refractivity contribution in [2.24, 2.45) is 13.0 Å². The Bertz CT molecular complexity index is 657. The average molecular weight is 336 g/mol. The first-order chi connectivity index (χ1) is 11.4. The lowest BCUT2D eigenvalue weighted by Gasteiger charge is -2.18. The van der Waals surface area contributed by atoms with Crippen LogP contribution in [0.25, 0.3) is 0 Å². The first kappa shape index (κ1) is 17.8. The molecule has 1 saturated heterocycles. The van der Waals surface area contributed by atoms with Crippen molar-refractivity contribution in [3.05, 3.63) is 22.6 Å². The Hall–Kier alpha value is -2.58. The number of rotatable bonds is 5. The van der Waals surface area contributed by atoms with Crippen LogP contribution in [0.1, 0.15) is 6.42 Å². The summed E-state index contributed by atoms with van der Waals surface area (Å²) in [5.74, 6) is 0.0986. The molecule has 0 radical (unpaired) electrons. The van der Waals surface area contributed by atoms with E-state index in [-0.39, 0.29) is 24.0 Å². The minimum atomic E-state index is -0.296. The van der Waals surface area contributed by atoms with Gasteiger partial charge >= 0.3 is 6.03 Å². The number of urea groups is 1. The third-order valence-corrected chi connectivity index (χ3v) is 4.00. The van der Waals surface area contributed by atoms with Gasteiger partial charge in [-0.3, -0.25) is 9.59 Å². The molecule has 24 heavy (non-hydrogen) atoms. The second kappa shape index (κ2) is 7.80. The van der Waals surface area contributed by atoms with E-state index < -0.39 is 0 Å². The summed E-state index contributed by atoms with van der Waals surface area (Å²) < 4.78 is 1.29. The van der Waals surface area contributed by atoms with Crippen molar-refractivity contribution >= 4 is 17.6 Å². The van der Waals surface area contributed by atoms with E-state index >= 15 is 0 Å². The molecule has 2 rings (SSSR count). The lowest BCUT2D eigenvalue weighted by Crippen LogP contribution is -2.42. The van der Waals surface area contributed by atoms with Gasteiger partial charge < -0.3 is 20.4 Å². The number of aryl methyl sites for hydroxylation is 1. The number of nitrogens with one attached hydrogen (secondary N) is 2. The van der Waals surface area contributed by atoms with Gasteiger partial charge in [0.05, 0.1) is 18.4 Å². The van der Waals surface area contributed by atoms with Crippen LogP contribution in [0.2, 0.25) is 0 Å². The fourth-order valence-corrected chi connectivity index (χ4v) is 2.50. The van der Waals surface area contributed by atoms with Crippen molar-refractivity contribution < 1.29 is 9.59 Å². The third kappa shape index (κ3) is 4.71. The maximum Gasteiger partial charge on any atom is 0.317 e. The molecule has 1 aliphatic heterocycles. The Morgan fingerprint density at radius 1 is 1.38 bits per heavy atom. The molecule has 9 nitrogen and oxygen atoms in total. The highest BCUT2D eigenvalue weighted by Gasteiger charge is 2.23. The number of carbonyl (C=O) groups is 2. The van der Waals surface area contributed by atoms with Gasteiger partial charge in [-0.05, 0) is 12.3 Å². The van der Waals surface area contributed by atoms with Crippen LogP contribution in [0.15, 0.2) is 17.1 Å². The van der Waals surface area contributed by atoms with E-state index in [4.69, 9.17) is 0 Å². The van der Waals surface area contributed by atoms with Gasteiger partial charge in [-0.15, -0.1) is 0 Å². The summed E-state index contributed by atoms with van der Waals surface area (Å²) in [5, 5.41) is 9.38. The van der Waals surface area contributed by atoms with Crippen LogP contribution in [0.4, 0.5) is 10.5 Å². The zero-order valence-electron chi connectivity index (χ0n) is 14.3. The number of hydrogen-bond donors (Lipinski definition) is 2. The molecule has 132 valence electrons. The van der Waals surface area contributed by atoms with Crippen molar-refractivity contribution in [1.82, 2.24) is 25.3 Å². The van der Waals surface area contributed by atoms with Crippen LogP contribution in [-0.4, -0.2) is 66.9 Å². The molecular weight excluding hydrogens is 312 g/mol. The molecule has 2 N–H and O–H groups in total. The zero-order chi connectivity index (χ0) is 17.7. The summed E-state index contributed by atoms with van der Waals surface area (Å²) in [4.78, 5) is 38.2. The molecule has 0 bridgehead atoms. The first-order valence-corrected chi connectivity index (χ1v) is 7.87. The van der Waals surface area contributed by atoms with Crippen molar-refractivity contribution in [3.63, 3.8) is 0 Å². The van der Waals surface area contributed by atoms with E-state index in [1.165, 1.54) is 9.58 Å². The minimum absolute atomic E-state index is 0.0356. The van der Waals surface area contributed by atoms with E-state index in [2.05, 4.69) is 20.6 Å². The highest BCUT2D eigenvalue weighted by molar-refractivity contribution is 5.83. The summed E-state index contributed by atoms with van der Waals surface area (Å²) in [5.41, 5.74) is 0.672. The maximum atomic E-state index is 11.7. The Balaban J connectivity index is 1.75. The van der Waals surface area contributed by atoms with Gasteiger partial charge in [-0.25, -0.2) is 9.48 Å². The molecule has 2 heterocycles. The maximum absolute atomic E-state index is 11.7. The van der Waals surface area contributed by atoms with Gasteiger partial charge in [0.15, 0.2) is 0 Å². The SMILES string of the molecule is CN(C)C(=O)NCC(=O)NC[C@@H]1CCN(c2cnn(C)c(=O)c2)C1. The van der Waals surface area contributed by atoms with Crippen molar-refractivity contribution in [2.75, 3.05) is 45.2 Å². The van der Waals surface area contributed by atoms with Crippen molar-refractivity contribution in [2.45, 2.75) is 6.42 Å². The van der Waals surface area contributed by atoms with E-state index in [9.17, 15) is 14.4 Å².